The first-order chi connectivity index (χ1) is 5.58. The van der Waals surface area contributed by atoms with E-state index in [4.69, 9.17) is 0 Å². The molecule has 0 radical (unpaired) electrons. The van der Waals surface area contributed by atoms with Crippen LogP contribution in [0.3, 0.4) is 0 Å². The van der Waals surface area contributed by atoms with Crippen LogP contribution in [-0.2, 0) is 0 Å². The second-order valence-electron chi connectivity index (χ2n) is 7.04. The first kappa shape index (κ1) is 11.1. The van der Waals surface area contributed by atoms with Gasteiger partial charge in [-0.2, -0.15) is 0 Å². The van der Waals surface area contributed by atoms with Crippen molar-refractivity contribution >= 4 is 0 Å². The second-order valence-corrected chi connectivity index (χ2v) is 7.04. The summed E-state index contributed by atoms with van der Waals surface area (Å²) >= 11 is 0. The zero-order valence-corrected chi connectivity index (χ0v) is 10.5. The maximum absolute atomic E-state index is 2.33. The predicted molar refractivity (Wildman–Crippen MR) is 59.7 cm³/mol. The van der Waals surface area contributed by atoms with Crippen molar-refractivity contribution in [2.45, 2.75) is 61.3 Å². The van der Waals surface area contributed by atoms with Gasteiger partial charge in [-0.25, -0.2) is 0 Å². The Kier molecular flexibility index (Phi) is 2.34. The maximum atomic E-state index is 2.33. The van der Waals surface area contributed by atoms with Crippen molar-refractivity contribution in [3.8, 4) is 0 Å². The Morgan fingerprint density at radius 1 is 0.846 bits per heavy atom. The highest BCUT2D eigenvalue weighted by atomic mass is 14.6. The van der Waals surface area contributed by atoms with Gasteiger partial charge in [0.25, 0.3) is 0 Å². The SMILES string of the molecule is CC1(C)CC1(C)C.CC1CC1(C)C. The normalized spacial score (nSPS) is 35.8. The smallest absolute Gasteiger partial charge is 0.0297 e. The minimum Gasteiger partial charge on any atom is -0.0620 e. The topological polar surface area (TPSA) is 0 Å². The van der Waals surface area contributed by atoms with E-state index in [1.165, 1.54) is 12.8 Å². The number of hydrogen-bond acceptors (Lipinski definition) is 0. The molecule has 2 saturated carbocycles. The molecule has 0 spiro atoms. The summed E-state index contributed by atoms with van der Waals surface area (Å²) in [6, 6.07) is 0. The third kappa shape index (κ3) is 2.48. The van der Waals surface area contributed by atoms with E-state index in [1.807, 2.05) is 0 Å². The monoisotopic (exact) mass is 182 g/mol. The molecule has 1 unspecified atom stereocenters. The summed E-state index contributed by atoms with van der Waals surface area (Å²) in [6.07, 6.45) is 2.84. The van der Waals surface area contributed by atoms with Crippen LogP contribution < -0.4 is 0 Å². The minimum absolute atomic E-state index is 0.646. The first-order valence-corrected chi connectivity index (χ1v) is 5.58. The number of hydrogen-bond donors (Lipinski definition) is 0. The van der Waals surface area contributed by atoms with E-state index in [0.29, 0.717) is 16.2 Å². The highest BCUT2D eigenvalue weighted by Crippen LogP contribution is 2.62. The molecule has 0 aromatic carbocycles. The Morgan fingerprint density at radius 2 is 1.00 bits per heavy atom. The molecule has 13 heavy (non-hydrogen) atoms. The summed E-state index contributed by atoms with van der Waals surface area (Å²) in [5.74, 6) is 0.998. The van der Waals surface area contributed by atoms with Crippen molar-refractivity contribution < 1.29 is 0 Å². The lowest BCUT2D eigenvalue weighted by atomic mass is 10.0. The summed E-state index contributed by atoms with van der Waals surface area (Å²) in [4.78, 5) is 0. The van der Waals surface area contributed by atoms with Gasteiger partial charge in [0.2, 0.25) is 0 Å². The molecule has 0 N–H and O–H groups in total. The van der Waals surface area contributed by atoms with E-state index in [9.17, 15) is 0 Å². The molecule has 0 bridgehead atoms. The summed E-state index contributed by atoms with van der Waals surface area (Å²) in [5, 5.41) is 0. The third-order valence-electron chi connectivity index (χ3n) is 4.60. The van der Waals surface area contributed by atoms with Crippen LogP contribution in [0.4, 0.5) is 0 Å². The first-order valence-electron chi connectivity index (χ1n) is 5.58. The average Bonchev–Trinajstić information content (AvgIpc) is 2.48. The van der Waals surface area contributed by atoms with Gasteiger partial charge in [0, 0.05) is 0 Å². The number of rotatable bonds is 0. The Labute approximate surface area is 84.1 Å². The van der Waals surface area contributed by atoms with Gasteiger partial charge in [-0.05, 0) is 35.0 Å². The fourth-order valence-electron chi connectivity index (χ4n) is 1.79. The second kappa shape index (κ2) is 2.74. The van der Waals surface area contributed by atoms with Crippen LogP contribution >= 0.6 is 0 Å². The molecule has 1 atom stereocenters. The van der Waals surface area contributed by atoms with Crippen LogP contribution in [0, 0.1) is 22.2 Å². The molecule has 0 nitrogen and oxygen atoms in total. The van der Waals surface area contributed by atoms with Gasteiger partial charge in [-0.1, -0.05) is 48.5 Å². The molecular formula is C13H26. The Morgan fingerprint density at radius 3 is 1.00 bits per heavy atom. The third-order valence-corrected chi connectivity index (χ3v) is 4.60. The summed E-state index contributed by atoms with van der Waals surface area (Å²) < 4.78 is 0. The molecule has 2 aliphatic carbocycles. The summed E-state index contributed by atoms with van der Waals surface area (Å²) in [6.45, 7) is 16.2. The predicted octanol–water partition coefficient (Wildman–Crippen LogP) is 4.49. The molecule has 0 heterocycles. The van der Waals surface area contributed by atoms with E-state index >= 15 is 0 Å². The zero-order chi connectivity index (χ0) is 10.5. The van der Waals surface area contributed by atoms with Gasteiger partial charge in [-0.3, -0.25) is 0 Å². The quantitative estimate of drug-likeness (QED) is 0.517. The van der Waals surface area contributed by atoms with Crippen LogP contribution in [0.25, 0.3) is 0 Å². The Hall–Kier alpha value is 0. The summed E-state index contributed by atoms with van der Waals surface area (Å²) in [7, 11) is 0. The minimum atomic E-state index is 0.646. The molecule has 2 aliphatic rings. The lowest BCUT2D eigenvalue weighted by Crippen LogP contribution is -1.95. The van der Waals surface area contributed by atoms with Crippen LogP contribution in [0.2, 0.25) is 0 Å². The van der Waals surface area contributed by atoms with Crippen molar-refractivity contribution in [1.29, 1.82) is 0 Å². The lowest BCUT2D eigenvalue weighted by Gasteiger charge is -2.04. The fraction of sp³-hybridized carbons (Fsp3) is 1.00. The van der Waals surface area contributed by atoms with Gasteiger partial charge in [0.05, 0.1) is 0 Å². The maximum Gasteiger partial charge on any atom is -0.0297 e. The van der Waals surface area contributed by atoms with Crippen LogP contribution in [0.15, 0.2) is 0 Å². The zero-order valence-electron chi connectivity index (χ0n) is 10.5. The van der Waals surface area contributed by atoms with E-state index < -0.39 is 0 Å². The summed E-state index contributed by atoms with van der Waals surface area (Å²) in [5.41, 5.74) is 2.00. The van der Waals surface area contributed by atoms with Gasteiger partial charge < -0.3 is 0 Å². The molecule has 2 fully saturated rings. The van der Waals surface area contributed by atoms with Gasteiger partial charge in [0.15, 0.2) is 0 Å². The molecule has 0 aliphatic heterocycles. The van der Waals surface area contributed by atoms with E-state index in [-0.39, 0.29) is 0 Å². The van der Waals surface area contributed by atoms with Crippen molar-refractivity contribution in [3.63, 3.8) is 0 Å². The van der Waals surface area contributed by atoms with Crippen molar-refractivity contribution in [2.24, 2.45) is 22.2 Å². The van der Waals surface area contributed by atoms with Gasteiger partial charge in [-0.15, -0.1) is 0 Å². The molecule has 0 aromatic rings. The van der Waals surface area contributed by atoms with Gasteiger partial charge in [0.1, 0.15) is 0 Å². The molecule has 0 heteroatoms. The van der Waals surface area contributed by atoms with E-state index in [1.54, 1.807) is 0 Å². The van der Waals surface area contributed by atoms with Crippen molar-refractivity contribution in [1.82, 2.24) is 0 Å². The Balaban J connectivity index is 0.000000132. The molecule has 0 saturated heterocycles. The largest absolute Gasteiger partial charge is 0.0620 e. The molecule has 2 rings (SSSR count). The van der Waals surface area contributed by atoms with E-state index in [2.05, 4.69) is 48.5 Å². The lowest BCUT2D eigenvalue weighted by molar-refractivity contribution is 0.457. The molecule has 78 valence electrons. The highest BCUT2D eigenvalue weighted by Gasteiger charge is 2.53. The average molecular weight is 182 g/mol. The van der Waals surface area contributed by atoms with E-state index in [0.717, 1.165) is 5.92 Å². The highest BCUT2D eigenvalue weighted by molar-refractivity contribution is 5.02. The fourth-order valence-corrected chi connectivity index (χ4v) is 1.79. The molecule has 0 aromatic heterocycles. The van der Waals surface area contributed by atoms with Crippen molar-refractivity contribution in [3.05, 3.63) is 0 Å². The molecular weight excluding hydrogens is 156 g/mol. The van der Waals surface area contributed by atoms with Crippen molar-refractivity contribution in [2.75, 3.05) is 0 Å². The molecule has 0 amide bonds. The van der Waals surface area contributed by atoms with Crippen LogP contribution in [-0.4, -0.2) is 0 Å². The van der Waals surface area contributed by atoms with Crippen LogP contribution in [0.5, 0.6) is 0 Å². The Bertz CT molecular complexity index is 184. The standard InChI is InChI=1S/C7H14.C6H12/c1-6(2)5-7(6,3)4;1-5-4-6(5,2)3/h5H2,1-4H3;5H,4H2,1-3H3. The van der Waals surface area contributed by atoms with Gasteiger partial charge >= 0.3 is 0 Å². The van der Waals surface area contributed by atoms with Crippen LogP contribution in [0.1, 0.15) is 61.3 Å².